The van der Waals surface area contributed by atoms with E-state index in [1.165, 1.54) is 6.07 Å². The molecule has 204 valence electrons. The second-order valence-electron chi connectivity index (χ2n) is 8.88. The molecule has 3 aromatic carbocycles. The van der Waals surface area contributed by atoms with Gasteiger partial charge in [0.15, 0.2) is 0 Å². The molecule has 1 aliphatic heterocycles. The van der Waals surface area contributed by atoms with Crippen molar-refractivity contribution in [2.45, 2.75) is 19.3 Å². The normalized spacial score (nSPS) is 14.1. The highest BCUT2D eigenvalue weighted by molar-refractivity contribution is 6.32. The highest BCUT2D eigenvalue weighted by Gasteiger charge is 2.30. The van der Waals surface area contributed by atoms with Gasteiger partial charge in [-0.2, -0.15) is 0 Å². The van der Waals surface area contributed by atoms with E-state index in [0.717, 1.165) is 12.1 Å². The molecule has 4 aromatic rings. The minimum Gasteiger partial charge on any atom is -0.493 e. The van der Waals surface area contributed by atoms with Crippen molar-refractivity contribution in [2.24, 2.45) is 0 Å². The number of carbonyl (C=O) groups is 2. The van der Waals surface area contributed by atoms with Crippen LogP contribution >= 0.6 is 11.6 Å². The largest absolute Gasteiger partial charge is 0.493 e. The van der Waals surface area contributed by atoms with Gasteiger partial charge in [-0.25, -0.2) is 13.8 Å². The molecule has 10 heteroatoms. The predicted octanol–water partition coefficient (Wildman–Crippen LogP) is 7.15. The second-order valence-corrected chi connectivity index (χ2v) is 9.28. The molecule has 7 nitrogen and oxygen atoms in total. The third kappa shape index (κ3) is 5.89. The lowest BCUT2D eigenvalue weighted by atomic mass is 9.93. The number of fused-ring (bicyclic) bond motifs is 1. The van der Waals surface area contributed by atoms with Crippen LogP contribution in [0.4, 0.5) is 14.6 Å². The number of nitrogens with zero attached hydrogens (tertiary/aromatic N) is 1. The van der Waals surface area contributed by atoms with Gasteiger partial charge in [0.05, 0.1) is 29.8 Å². The van der Waals surface area contributed by atoms with Crippen molar-refractivity contribution in [1.29, 1.82) is 0 Å². The average Bonchev–Trinajstić information content (AvgIpc) is 2.94. The first-order valence-corrected chi connectivity index (χ1v) is 12.8. The van der Waals surface area contributed by atoms with Gasteiger partial charge in [-0.15, -0.1) is 0 Å². The summed E-state index contributed by atoms with van der Waals surface area (Å²) in [6.45, 7) is 2.40. The summed E-state index contributed by atoms with van der Waals surface area (Å²) in [5, 5.41) is 2.97. The number of esters is 1. The number of hydrogen-bond donors (Lipinski definition) is 1. The van der Waals surface area contributed by atoms with Gasteiger partial charge < -0.3 is 19.5 Å². The third-order valence-electron chi connectivity index (χ3n) is 6.22. The monoisotopic (exact) mass is 564 g/mol. The van der Waals surface area contributed by atoms with Crippen LogP contribution in [0.2, 0.25) is 5.02 Å². The van der Waals surface area contributed by atoms with Gasteiger partial charge in [0.25, 0.3) is 5.91 Å². The van der Waals surface area contributed by atoms with Crippen molar-refractivity contribution >= 4 is 29.3 Å². The Hall–Kier alpha value is -4.50. The lowest BCUT2D eigenvalue weighted by molar-refractivity contribution is -0.145. The molecule has 40 heavy (non-hydrogen) atoms. The summed E-state index contributed by atoms with van der Waals surface area (Å²) in [5.41, 5.74) is 1.33. The zero-order valence-corrected chi connectivity index (χ0v) is 22.0. The van der Waals surface area contributed by atoms with Crippen LogP contribution in [0.3, 0.4) is 0 Å². The van der Waals surface area contributed by atoms with Crippen LogP contribution in [0.1, 0.15) is 35.2 Å². The Bertz CT molecular complexity index is 1580. The quantitative estimate of drug-likeness (QED) is 0.240. The van der Waals surface area contributed by atoms with E-state index in [2.05, 4.69) is 10.3 Å². The maximum absolute atomic E-state index is 14.2. The number of anilines is 1. The van der Waals surface area contributed by atoms with Gasteiger partial charge in [0.2, 0.25) is 0 Å². The molecule has 1 amide bonds. The Kier molecular flexibility index (Phi) is 7.93. The number of aromatic nitrogens is 1. The van der Waals surface area contributed by atoms with E-state index in [-0.39, 0.29) is 29.7 Å². The van der Waals surface area contributed by atoms with E-state index < -0.39 is 23.5 Å². The Morgan fingerprint density at radius 2 is 1.88 bits per heavy atom. The van der Waals surface area contributed by atoms with Gasteiger partial charge in [-0.3, -0.25) is 9.59 Å². The minimum atomic E-state index is -0.754. The van der Waals surface area contributed by atoms with Crippen LogP contribution < -0.4 is 14.8 Å². The molecule has 0 spiro atoms. The highest BCUT2D eigenvalue weighted by Crippen LogP contribution is 2.42. The molecule has 0 aliphatic carbocycles. The van der Waals surface area contributed by atoms with E-state index in [0.29, 0.717) is 46.4 Å². The first-order chi connectivity index (χ1) is 19.3. The summed E-state index contributed by atoms with van der Waals surface area (Å²) in [6.07, 6.45) is 0.495. The summed E-state index contributed by atoms with van der Waals surface area (Å²) in [6, 6.07) is 17.5. The zero-order chi connectivity index (χ0) is 28.2. The van der Waals surface area contributed by atoms with Gasteiger partial charge in [0.1, 0.15) is 34.7 Å². The van der Waals surface area contributed by atoms with Crippen LogP contribution in [0.5, 0.6) is 17.2 Å². The average molecular weight is 565 g/mol. The number of amides is 1. The lowest BCUT2D eigenvalue weighted by Gasteiger charge is -2.25. The van der Waals surface area contributed by atoms with Crippen molar-refractivity contribution < 1.29 is 32.6 Å². The molecule has 1 aliphatic rings. The van der Waals surface area contributed by atoms with Crippen LogP contribution in [0, 0.1) is 11.6 Å². The molecule has 5 rings (SSSR count). The molecule has 0 radical (unpaired) electrons. The van der Waals surface area contributed by atoms with Gasteiger partial charge in [-0.1, -0.05) is 17.7 Å². The fourth-order valence-electron chi connectivity index (χ4n) is 4.30. The molecule has 1 atom stereocenters. The van der Waals surface area contributed by atoms with Crippen LogP contribution in [-0.2, 0) is 9.53 Å². The first-order valence-electron chi connectivity index (χ1n) is 12.5. The molecule has 1 unspecified atom stereocenters. The smallest absolute Gasteiger partial charge is 0.313 e. The number of ether oxygens (including phenoxy) is 3. The van der Waals surface area contributed by atoms with Gasteiger partial charge in [0, 0.05) is 28.8 Å². The fraction of sp³-hybridized carbons (Fsp3) is 0.167. The van der Waals surface area contributed by atoms with Crippen LogP contribution in [0.15, 0.2) is 72.8 Å². The van der Waals surface area contributed by atoms with Crippen molar-refractivity contribution in [3.05, 3.63) is 101 Å². The molecule has 2 heterocycles. The lowest BCUT2D eigenvalue weighted by Crippen LogP contribution is -2.23. The predicted molar refractivity (Wildman–Crippen MR) is 145 cm³/mol. The van der Waals surface area contributed by atoms with Crippen molar-refractivity contribution in [2.75, 3.05) is 18.5 Å². The molecule has 0 saturated heterocycles. The number of halogens is 3. The topological polar surface area (TPSA) is 86.8 Å². The number of benzene rings is 3. The Labute approximate surface area is 233 Å². The maximum atomic E-state index is 14.2. The summed E-state index contributed by atoms with van der Waals surface area (Å²) >= 11 is 6.46. The third-order valence-corrected chi connectivity index (χ3v) is 6.51. The van der Waals surface area contributed by atoms with E-state index in [1.807, 2.05) is 0 Å². The summed E-state index contributed by atoms with van der Waals surface area (Å²) in [4.78, 5) is 29.4. The molecule has 0 saturated carbocycles. The molecular weight excluding hydrogens is 542 g/mol. The minimum absolute atomic E-state index is 0.113. The molecule has 0 fully saturated rings. The van der Waals surface area contributed by atoms with Crippen molar-refractivity contribution in [1.82, 2.24) is 4.98 Å². The highest BCUT2D eigenvalue weighted by atomic mass is 35.5. The van der Waals surface area contributed by atoms with E-state index in [1.54, 1.807) is 61.5 Å². The van der Waals surface area contributed by atoms with E-state index >= 15 is 0 Å². The Balaban J connectivity index is 1.28. The van der Waals surface area contributed by atoms with Crippen LogP contribution in [-0.4, -0.2) is 30.1 Å². The molecule has 0 bridgehead atoms. The Morgan fingerprint density at radius 3 is 2.62 bits per heavy atom. The summed E-state index contributed by atoms with van der Waals surface area (Å²) in [7, 11) is 0. The van der Waals surface area contributed by atoms with Gasteiger partial charge >= 0.3 is 5.97 Å². The number of hydrogen-bond acceptors (Lipinski definition) is 6. The summed E-state index contributed by atoms with van der Waals surface area (Å²) < 4.78 is 44.2. The van der Waals surface area contributed by atoms with Crippen molar-refractivity contribution in [3.63, 3.8) is 0 Å². The van der Waals surface area contributed by atoms with Crippen molar-refractivity contribution in [3.8, 4) is 28.5 Å². The number of pyridine rings is 1. The Morgan fingerprint density at radius 1 is 1.07 bits per heavy atom. The summed E-state index contributed by atoms with van der Waals surface area (Å²) in [5.74, 6) is -1.23. The molecule has 1 N–H and O–H groups in total. The zero-order valence-electron chi connectivity index (χ0n) is 21.2. The van der Waals surface area contributed by atoms with Gasteiger partial charge in [-0.05, 0) is 67.9 Å². The first kappa shape index (κ1) is 27.1. The maximum Gasteiger partial charge on any atom is 0.313 e. The standard InChI is InChI=1S/C30H23ClF2N2O5/c1-2-38-30(37)20-12-13-39-26-16-27(23(31)15-22(20)26)40-19-9-6-17(7-10-19)29(36)35-28-5-3-4-25(34-28)21-11-8-18(32)14-24(21)33/h3-11,14-16,20H,2,12-13H2,1H3,(H,34,35,36). The van der Waals surface area contributed by atoms with Crippen LogP contribution in [0.25, 0.3) is 11.3 Å². The molecule has 1 aromatic heterocycles. The van der Waals surface area contributed by atoms with E-state index in [9.17, 15) is 18.4 Å². The van der Waals surface area contributed by atoms with E-state index in [4.69, 9.17) is 25.8 Å². The number of rotatable bonds is 7. The SMILES string of the molecule is CCOC(=O)C1CCOc2cc(Oc3ccc(C(=O)Nc4cccc(-c5ccc(F)cc5F)n4)cc3)c(Cl)cc21. The fourth-order valence-corrected chi connectivity index (χ4v) is 4.51. The number of carbonyl (C=O) groups excluding carboxylic acids is 2. The molecular formula is C30H23ClF2N2O5. The number of nitrogens with one attached hydrogen (secondary N) is 1. The second kappa shape index (κ2) is 11.7.